The van der Waals surface area contributed by atoms with E-state index in [1.165, 1.54) is 7.11 Å². The third-order valence-electron chi connectivity index (χ3n) is 1.99. The Kier molecular flexibility index (Phi) is 3.62. The average Bonchev–Trinajstić information content (AvgIpc) is 2.20. The zero-order chi connectivity index (χ0) is 10.6. The van der Waals surface area contributed by atoms with Crippen LogP contribution in [0.5, 0.6) is 0 Å². The van der Waals surface area contributed by atoms with Gasteiger partial charge in [0.2, 0.25) is 0 Å². The van der Waals surface area contributed by atoms with Crippen LogP contribution in [-0.2, 0) is 9.53 Å². The van der Waals surface area contributed by atoms with E-state index >= 15 is 0 Å². The molecule has 0 bridgehead atoms. The first kappa shape index (κ1) is 10.7. The number of carboxylic acids is 1. The minimum Gasteiger partial charge on any atom is -0.480 e. The van der Waals surface area contributed by atoms with Gasteiger partial charge in [-0.3, -0.25) is 4.79 Å². The Morgan fingerprint density at radius 1 is 1.43 bits per heavy atom. The molecule has 0 saturated carbocycles. The second kappa shape index (κ2) is 4.74. The molecular formula is C10H13NO3. The topological polar surface area (TPSA) is 72.5 Å². The summed E-state index contributed by atoms with van der Waals surface area (Å²) >= 11 is 0. The second-order valence-corrected chi connectivity index (χ2v) is 2.93. The van der Waals surface area contributed by atoms with Gasteiger partial charge in [0.05, 0.1) is 0 Å². The lowest BCUT2D eigenvalue weighted by Gasteiger charge is -2.19. The van der Waals surface area contributed by atoms with Crippen molar-refractivity contribution in [2.45, 2.75) is 12.1 Å². The van der Waals surface area contributed by atoms with Crippen molar-refractivity contribution in [2.24, 2.45) is 5.73 Å². The maximum atomic E-state index is 10.7. The zero-order valence-corrected chi connectivity index (χ0v) is 7.88. The van der Waals surface area contributed by atoms with Gasteiger partial charge in [0.15, 0.2) is 0 Å². The number of carboxylic acid groups (broad SMARTS) is 1. The molecule has 0 aromatic heterocycles. The fourth-order valence-electron chi connectivity index (χ4n) is 1.26. The number of benzene rings is 1. The molecule has 14 heavy (non-hydrogen) atoms. The van der Waals surface area contributed by atoms with Crippen molar-refractivity contribution in [3.05, 3.63) is 35.9 Å². The number of methoxy groups -OCH3 is 1. The van der Waals surface area contributed by atoms with Crippen LogP contribution in [0.4, 0.5) is 0 Å². The Bertz CT molecular complexity index is 299. The molecule has 0 aliphatic carbocycles. The largest absolute Gasteiger partial charge is 0.480 e. The van der Waals surface area contributed by atoms with Gasteiger partial charge in [-0.1, -0.05) is 30.3 Å². The molecule has 2 unspecified atom stereocenters. The highest BCUT2D eigenvalue weighted by molar-refractivity contribution is 5.74. The van der Waals surface area contributed by atoms with Crippen molar-refractivity contribution >= 4 is 5.97 Å². The highest BCUT2D eigenvalue weighted by atomic mass is 16.5. The van der Waals surface area contributed by atoms with E-state index in [1.807, 2.05) is 18.2 Å². The van der Waals surface area contributed by atoms with Crippen LogP contribution in [0, 0.1) is 0 Å². The Morgan fingerprint density at radius 3 is 2.43 bits per heavy atom. The molecular weight excluding hydrogens is 182 g/mol. The van der Waals surface area contributed by atoms with Crippen molar-refractivity contribution in [1.29, 1.82) is 0 Å². The standard InChI is InChI=1S/C10H13NO3/c1-14-9(8(11)10(12)13)7-5-3-2-4-6-7/h2-6,8-9H,11H2,1H3,(H,12,13). The summed E-state index contributed by atoms with van der Waals surface area (Å²) in [5.74, 6) is -1.07. The van der Waals surface area contributed by atoms with Crippen LogP contribution in [0.2, 0.25) is 0 Å². The van der Waals surface area contributed by atoms with E-state index in [1.54, 1.807) is 12.1 Å². The third-order valence-corrected chi connectivity index (χ3v) is 1.99. The Balaban J connectivity index is 2.87. The Labute approximate surface area is 82.3 Å². The summed E-state index contributed by atoms with van der Waals surface area (Å²) in [4.78, 5) is 10.7. The van der Waals surface area contributed by atoms with Crippen LogP contribution in [-0.4, -0.2) is 24.2 Å². The normalized spacial score (nSPS) is 14.7. The average molecular weight is 195 g/mol. The van der Waals surface area contributed by atoms with E-state index in [0.717, 1.165) is 5.56 Å². The van der Waals surface area contributed by atoms with Crippen LogP contribution >= 0.6 is 0 Å². The first-order chi connectivity index (χ1) is 6.66. The molecule has 1 aromatic rings. The maximum absolute atomic E-state index is 10.7. The van der Waals surface area contributed by atoms with Crippen molar-refractivity contribution in [2.75, 3.05) is 7.11 Å². The predicted octanol–water partition coefficient (Wildman–Crippen LogP) is 0.786. The highest BCUT2D eigenvalue weighted by Gasteiger charge is 2.25. The number of nitrogens with two attached hydrogens (primary N) is 1. The van der Waals surface area contributed by atoms with Crippen LogP contribution in [0.25, 0.3) is 0 Å². The molecule has 0 heterocycles. The number of aliphatic carboxylic acids is 1. The lowest BCUT2D eigenvalue weighted by atomic mass is 10.0. The molecule has 3 N–H and O–H groups in total. The van der Waals surface area contributed by atoms with Crippen molar-refractivity contribution < 1.29 is 14.6 Å². The molecule has 0 aliphatic heterocycles. The van der Waals surface area contributed by atoms with Gasteiger partial charge in [-0.2, -0.15) is 0 Å². The molecule has 0 amide bonds. The molecule has 1 rings (SSSR count). The summed E-state index contributed by atoms with van der Waals surface area (Å²) in [6.45, 7) is 0. The summed E-state index contributed by atoms with van der Waals surface area (Å²) in [5, 5.41) is 8.74. The summed E-state index contributed by atoms with van der Waals surface area (Å²) < 4.78 is 5.05. The van der Waals surface area contributed by atoms with E-state index in [2.05, 4.69) is 0 Å². The van der Waals surface area contributed by atoms with Gasteiger partial charge in [-0.15, -0.1) is 0 Å². The van der Waals surface area contributed by atoms with Gasteiger partial charge in [-0.05, 0) is 5.56 Å². The molecule has 0 radical (unpaired) electrons. The summed E-state index contributed by atoms with van der Waals surface area (Å²) in [7, 11) is 1.44. The maximum Gasteiger partial charge on any atom is 0.323 e. The van der Waals surface area contributed by atoms with Gasteiger partial charge in [-0.25, -0.2) is 0 Å². The number of rotatable bonds is 4. The second-order valence-electron chi connectivity index (χ2n) is 2.93. The molecule has 0 saturated heterocycles. The fraction of sp³-hybridized carbons (Fsp3) is 0.300. The summed E-state index contributed by atoms with van der Waals surface area (Å²) in [5.41, 5.74) is 6.25. The van der Waals surface area contributed by atoms with Gasteiger partial charge < -0.3 is 15.6 Å². The van der Waals surface area contributed by atoms with Crippen LogP contribution in [0.3, 0.4) is 0 Å². The van der Waals surface area contributed by atoms with Crippen LogP contribution in [0.1, 0.15) is 11.7 Å². The molecule has 0 fully saturated rings. The minimum atomic E-state index is -1.07. The summed E-state index contributed by atoms with van der Waals surface area (Å²) in [6.07, 6.45) is -0.603. The van der Waals surface area contributed by atoms with E-state index in [0.29, 0.717) is 0 Å². The molecule has 76 valence electrons. The molecule has 4 heteroatoms. The van der Waals surface area contributed by atoms with Crippen molar-refractivity contribution in [3.63, 3.8) is 0 Å². The van der Waals surface area contributed by atoms with E-state index < -0.39 is 18.1 Å². The van der Waals surface area contributed by atoms with Gasteiger partial charge in [0.1, 0.15) is 12.1 Å². The van der Waals surface area contributed by atoms with Gasteiger partial charge in [0.25, 0.3) is 0 Å². The number of hydrogen-bond acceptors (Lipinski definition) is 3. The van der Waals surface area contributed by atoms with E-state index in [-0.39, 0.29) is 0 Å². The molecule has 4 nitrogen and oxygen atoms in total. The fourth-order valence-corrected chi connectivity index (χ4v) is 1.26. The lowest BCUT2D eigenvalue weighted by Crippen LogP contribution is -2.37. The third kappa shape index (κ3) is 2.31. The SMILES string of the molecule is COC(c1ccccc1)C(N)C(=O)O. The molecule has 2 atom stereocenters. The van der Waals surface area contributed by atoms with Crippen molar-refractivity contribution in [1.82, 2.24) is 0 Å². The molecule has 1 aromatic carbocycles. The quantitative estimate of drug-likeness (QED) is 0.744. The first-order valence-electron chi connectivity index (χ1n) is 4.23. The summed E-state index contributed by atoms with van der Waals surface area (Å²) in [6, 6.07) is 8.02. The molecule has 0 spiro atoms. The smallest absolute Gasteiger partial charge is 0.323 e. The number of carbonyl (C=O) groups is 1. The predicted molar refractivity (Wildman–Crippen MR) is 51.8 cm³/mol. The van der Waals surface area contributed by atoms with Crippen molar-refractivity contribution in [3.8, 4) is 0 Å². The van der Waals surface area contributed by atoms with Crippen LogP contribution < -0.4 is 5.73 Å². The minimum absolute atomic E-state index is 0.603. The highest BCUT2D eigenvalue weighted by Crippen LogP contribution is 2.18. The van der Waals surface area contributed by atoms with Gasteiger partial charge >= 0.3 is 5.97 Å². The first-order valence-corrected chi connectivity index (χ1v) is 4.23. The zero-order valence-electron chi connectivity index (χ0n) is 7.88. The molecule has 0 aliphatic rings. The number of ether oxygens (including phenoxy) is 1. The Morgan fingerprint density at radius 2 is 2.00 bits per heavy atom. The van der Waals surface area contributed by atoms with Gasteiger partial charge in [0, 0.05) is 7.11 Å². The number of hydrogen-bond donors (Lipinski definition) is 2. The monoisotopic (exact) mass is 195 g/mol. The lowest BCUT2D eigenvalue weighted by molar-refractivity contribution is -0.142. The van der Waals surface area contributed by atoms with Crippen LogP contribution in [0.15, 0.2) is 30.3 Å². The van der Waals surface area contributed by atoms with E-state index in [4.69, 9.17) is 15.6 Å². The Hall–Kier alpha value is -1.39. The van der Waals surface area contributed by atoms with E-state index in [9.17, 15) is 4.79 Å².